The second-order valence-corrected chi connectivity index (χ2v) is 16.7. The van der Waals surface area contributed by atoms with Crippen molar-refractivity contribution >= 4 is 44.5 Å². The van der Waals surface area contributed by atoms with Crippen LogP contribution < -0.4 is 19.5 Å². The van der Waals surface area contributed by atoms with Gasteiger partial charge in [0.25, 0.3) is 5.91 Å². The first-order valence-corrected chi connectivity index (χ1v) is 19.0. The summed E-state index contributed by atoms with van der Waals surface area (Å²) in [5, 5.41) is 3.74. The molecule has 3 heterocycles. The van der Waals surface area contributed by atoms with Crippen LogP contribution in [0.15, 0.2) is 42.6 Å². The van der Waals surface area contributed by atoms with Crippen molar-refractivity contribution in [2.24, 2.45) is 11.8 Å². The molecule has 3 fully saturated rings. The highest BCUT2D eigenvalue weighted by molar-refractivity contribution is 7.91. The lowest BCUT2D eigenvalue weighted by atomic mass is 9.97. The summed E-state index contributed by atoms with van der Waals surface area (Å²) in [6.07, 6.45) is 6.15. The van der Waals surface area contributed by atoms with Gasteiger partial charge in [0.1, 0.15) is 29.0 Å². The topological polar surface area (TPSA) is 180 Å². The maximum Gasteiger partial charge on any atom is 0.307 e. The van der Waals surface area contributed by atoms with Crippen LogP contribution in [-0.2, 0) is 38.7 Å². The number of rotatable bonds is 8. The molecule has 0 unspecified atom stereocenters. The average Bonchev–Trinajstić information content (AvgIpc) is 3.99. The van der Waals surface area contributed by atoms with Crippen molar-refractivity contribution in [2.45, 2.75) is 94.3 Å². The first kappa shape index (κ1) is 36.5. The van der Waals surface area contributed by atoms with E-state index in [0.29, 0.717) is 49.3 Å². The Morgan fingerprint density at radius 1 is 1.16 bits per heavy atom. The molecule has 0 radical (unpaired) electrons. The number of hydrogen-bond acceptors (Lipinski definition) is 11. The van der Waals surface area contributed by atoms with Gasteiger partial charge >= 0.3 is 5.97 Å². The Morgan fingerprint density at radius 2 is 1.94 bits per heavy atom. The lowest BCUT2D eigenvalue weighted by molar-refractivity contribution is -0.159. The first-order valence-electron chi connectivity index (χ1n) is 17.4. The van der Waals surface area contributed by atoms with Crippen LogP contribution in [0.4, 0.5) is 0 Å². The lowest BCUT2D eigenvalue weighted by Crippen LogP contribution is -2.57. The second-order valence-electron chi connectivity index (χ2n) is 14.8. The molecule has 2 N–H and O–H groups in total. The predicted octanol–water partition coefficient (Wildman–Crippen LogP) is 2.79. The minimum atomic E-state index is -3.90. The van der Waals surface area contributed by atoms with E-state index in [1.165, 1.54) is 4.90 Å². The van der Waals surface area contributed by atoms with E-state index in [0.717, 1.165) is 5.39 Å². The molecule has 0 bridgehead atoms. The van der Waals surface area contributed by atoms with Crippen molar-refractivity contribution < 1.29 is 46.5 Å². The quantitative estimate of drug-likeness (QED) is 0.302. The van der Waals surface area contributed by atoms with E-state index < -0.39 is 74.1 Å². The van der Waals surface area contributed by atoms with E-state index >= 15 is 0 Å². The number of esters is 1. The number of nitrogens with zero attached hydrogens (tertiary/aromatic N) is 2. The van der Waals surface area contributed by atoms with Gasteiger partial charge in [0, 0.05) is 36.4 Å². The van der Waals surface area contributed by atoms with Gasteiger partial charge in [-0.1, -0.05) is 12.2 Å². The number of sulfonamides is 1. The van der Waals surface area contributed by atoms with Crippen LogP contribution in [0.3, 0.4) is 0 Å². The molecule has 6 rings (SSSR count). The monoisotopic (exact) mass is 726 g/mol. The SMILES string of the molecule is COc1ccc2c(O[C@@H]3C[C@H]4C(=O)N[C@]5(C(=O)NS(=O)(=O)C6CC6)C[C@H]5/C=C\COCCC[C@H](CC(=O)OC(C)(C)C)C(=O)N4C3)nccc2c1. The molecule has 1 saturated heterocycles. The Labute approximate surface area is 297 Å². The number of nitrogens with one attached hydrogen (secondary N) is 2. The van der Waals surface area contributed by atoms with Crippen LogP contribution in [0.2, 0.25) is 0 Å². The predicted molar refractivity (Wildman–Crippen MR) is 185 cm³/mol. The fourth-order valence-corrected chi connectivity index (χ4v) is 8.15. The minimum absolute atomic E-state index is 0.00501. The van der Waals surface area contributed by atoms with Crippen LogP contribution in [0, 0.1) is 11.8 Å². The van der Waals surface area contributed by atoms with Crippen molar-refractivity contribution in [3.63, 3.8) is 0 Å². The summed E-state index contributed by atoms with van der Waals surface area (Å²) in [7, 11) is -2.32. The molecule has 1 aromatic heterocycles. The molecule has 51 heavy (non-hydrogen) atoms. The molecule has 14 nitrogen and oxygen atoms in total. The van der Waals surface area contributed by atoms with E-state index in [4.69, 9.17) is 18.9 Å². The number of benzene rings is 1. The highest BCUT2D eigenvalue weighted by Crippen LogP contribution is 2.46. The van der Waals surface area contributed by atoms with Crippen LogP contribution in [0.25, 0.3) is 10.8 Å². The zero-order chi connectivity index (χ0) is 36.6. The molecular formula is C36H46N4O10S. The van der Waals surface area contributed by atoms with Crippen LogP contribution in [-0.4, -0.2) is 97.4 Å². The van der Waals surface area contributed by atoms with Gasteiger partial charge in [-0.15, -0.1) is 0 Å². The van der Waals surface area contributed by atoms with Gasteiger partial charge in [0.15, 0.2) is 0 Å². The van der Waals surface area contributed by atoms with Gasteiger partial charge < -0.3 is 29.2 Å². The van der Waals surface area contributed by atoms with Gasteiger partial charge in [-0.05, 0) is 82.5 Å². The molecule has 2 aromatic rings. The number of ether oxygens (including phenoxy) is 4. The van der Waals surface area contributed by atoms with Gasteiger partial charge in [0.2, 0.25) is 27.7 Å². The highest BCUT2D eigenvalue weighted by Gasteiger charge is 2.62. The Balaban J connectivity index is 1.30. The zero-order valence-corrected chi connectivity index (χ0v) is 30.2. The first-order chi connectivity index (χ1) is 24.2. The van der Waals surface area contributed by atoms with Crippen molar-refractivity contribution in [3.8, 4) is 11.6 Å². The van der Waals surface area contributed by atoms with Crippen LogP contribution in [0.5, 0.6) is 11.6 Å². The van der Waals surface area contributed by atoms with Crippen molar-refractivity contribution in [1.29, 1.82) is 0 Å². The largest absolute Gasteiger partial charge is 0.497 e. The lowest BCUT2D eigenvalue weighted by Gasteiger charge is -2.30. The summed E-state index contributed by atoms with van der Waals surface area (Å²) >= 11 is 0. The molecule has 2 saturated carbocycles. The summed E-state index contributed by atoms with van der Waals surface area (Å²) in [5.74, 6) is -2.75. The Hall–Kier alpha value is -4.24. The van der Waals surface area contributed by atoms with Gasteiger partial charge in [-0.3, -0.25) is 23.9 Å². The Bertz CT molecular complexity index is 1820. The third kappa shape index (κ3) is 8.46. The van der Waals surface area contributed by atoms with Crippen LogP contribution in [0.1, 0.15) is 65.7 Å². The van der Waals surface area contributed by atoms with E-state index in [1.54, 1.807) is 52.3 Å². The molecule has 4 aliphatic rings. The summed E-state index contributed by atoms with van der Waals surface area (Å²) in [6, 6.07) is 6.18. The maximum absolute atomic E-state index is 14.4. The van der Waals surface area contributed by atoms with E-state index in [2.05, 4.69) is 15.0 Å². The number of pyridine rings is 1. The number of fused-ring (bicyclic) bond motifs is 3. The molecule has 1 aromatic carbocycles. The fraction of sp³-hybridized carbons (Fsp3) is 0.583. The van der Waals surface area contributed by atoms with Gasteiger partial charge in [0.05, 0.1) is 31.9 Å². The standard InChI is InChI=1S/C36H46N4O10S/c1-35(2,3)50-30(41)18-23-7-5-15-48-16-6-8-24-20-36(24,34(44)39-51(45,46)27-10-11-27)38-31(42)29-19-26(21-40(29)33(23)43)49-32-28-12-9-25(47-4)17-22(28)13-14-37-32/h6,8-9,12-14,17,23-24,26-27,29H,5,7,10-11,15-16,18-21H2,1-4H3,(H,38,42)(H,39,44)/b8-6-/t23-,24-,26-,29+,36-/m1/s1. The summed E-state index contributed by atoms with van der Waals surface area (Å²) in [6.45, 7) is 5.77. The zero-order valence-electron chi connectivity index (χ0n) is 29.4. The molecule has 2 aliphatic heterocycles. The highest BCUT2D eigenvalue weighted by atomic mass is 32.2. The van der Waals surface area contributed by atoms with E-state index in [1.807, 2.05) is 18.2 Å². The molecule has 0 spiro atoms. The molecule has 2 aliphatic carbocycles. The third-order valence-corrected chi connectivity index (χ3v) is 11.5. The number of methoxy groups -OCH3 is 1. The second kappa shape index (κ2) is 14.4. The van der Waals surface area contributed by atoms with Gasteiger partial charge in [-0.2, -0.15) is 0 Å². The fourth-order valence-electron chi connectivity index (χ4n) is 6.78. The Morgan fingerprint density at radius 3 is 2.67 bits per heavy atom. The van der Waals surface area contributed by atoms with E-state index in [9.17, 15) is 27.6 Å². The Kier molecular flexibility index (Phi) is 10.3. The average molecular weight is 727 g/mol. The third-order valence-electron chi connectivity index (χ3n) is 9.63. The molecular weight excluding hydrogens is 680 g/mol. The number of amides is 3. The van der Waals surface area contributed by atoms with Crippen molar-refractivity contribution in [2.75, 3.05) is 26.9 Å². The molecule has 276 valence electrons. The smallest absolute Gasteiger partial charge is 0.307 e. The van der Waals surface area contributed by atoms with Crippen molar-refractivity contribution in [3.05, 3.63) is 42.6 Å². The van der Waals surface area contributed by atoms with E-state index in [-0.39, 0.29) is 32.4 Å². The number of aromatic nitrogens is 1. The molecule has 3 amide bonds. The molecule has 15 heteroatoms. The molecule has 5 atom stereocenters. The van der Waals surface area contributed by atoms with Gasteiger partial charge in [-0.25, -0.2) is 13.4 Å². The maximum atomic E-state index is 14.4. The minimum Gasteiger partial charge on any atom is -0.497 e. The summed E-state index contributed by atoms with van der Waals surface area (Å²) in [5.41, 5.74) is -2.29. The van der Waals surface area contributed by atoms with Crippen LogP contribution >= 0.6 is 0 Å². The summed E-state index contributed by atoms with van der Waals surface area (Å²) in [4.78, 5) is 61.2. The summed E-state index contributed by atoms with van der Waals surface area (Å²) < 4.78 is 50.8. The number of carbonyl (C=O) groups is 4. The normalized spacial score (nSPS) is 28.0. The number of hydrogen-bond donors (Lipinski definition) is 2. The van der Waals surface area contributed by atoms with Crippen molar-refractivity contribution in [1.82, 2.24) is 19.9 Å². The number of carbonyl (C=O) groups excluding carboxylic acids is 4.